The lowest BCUT2D eigenvalue weighted by Gasteiger charge is -2.52. The topological polar surface area (TPSA) is 46.5 Å². The number of ether oxygens (including phenoxy) is 1. The molecule has 3 nitrogen and oxygen atoms in total. The number of hydrogen-bond acceptors (Lipinski definition) is 3. The van der Waals surface area contributed by atoms with Crippen LogP contribution in [0.2, 0.25) is 0 Å². The summed E-state index contributed by atoms with van der Waals surface area (Å²) in [5, 5.41) is 10.5. The average molecular weight is 314 g/mol. The molecule has 1 aromatic rings. The van der Waals surface area contributed by atoms with E-state index in [0.29, 0.717) is 17.8 Å². The van der Waals surface area contributed by atoms with Crippen LogP contribution in [0.3, 0.4) is 0 Å². The van der Waals surface area contributed by atoms with Gasteiger partial charge in [-0.1, -0.05) is 13.0 Å². The van der Waals surface area contributed by atoms with Crippen LogP contribution in [0, 0.1) is 23.2 Å². The molecule has 0 saturated heterocycles. The van der Waals surface area contributed by atoms with Crippen molar-refractivity contribution >= 4 is 6.29 Å². The van der Waals surface area contributed by atoms with Crippen molar-refractivity contribution in [2.24, 2.45) is 23.2 Å². The first-order valence-corrected chi connectivity index (χ1v) is 8.88. The molecule has 0 aromatic heterocycles. The van der Waals surface area contributed by atoms with Crippen LogP contribution in [-0.2, 0) is 11.2 Å². The largest absolute Gasteiger partial charge is 0.497 e. The molecule has 1 N–H and O–H groups in total. The molecule has 0 amide bonds. The van der Waals surface area contributed by atoms with Crippen LogP contribution in [-0.4, -0.2) is 24.6 Å². The molecular formula is C20H26O3. The van der Waals surface area contributed by atoms with Gasteiger partial charge in [0, 0.05) is 5.92 Å². The van der Waals surface area contributed by atoms with Gasteiger partial charge in [-0.25, -0.2) is 0 Å². The molecule has 0 spiro atoms. The minimum atomic E-state index is -0.196. The Morgan fingerprint density at radius 3 is 2.87 bits per heavy atom. The number of carbonyl (C=O) groups is 1. The van der Waals surface area contributed by atoms with E-state index in [4.69, 9.17) is 4.74 Å². The molecule has 0 aliphatic heterocycles. The lowest BCUT2D eigenvalue weighted by Crippen LogP contribution is -2.47. The highest BCUT2D eigenvalue weighted by Gasteiger charge is 2.56. The molecular weight excluding hydrogens is 288 g/mol. The summed E-state index contributed by atoms with van der Waals surface area (Å²) in [5.41, 5.74) is 2.70. The molecule has 2 fully saturated rings. The van der Waals surface area contributed by atoms with Crippen LogP contribution >= 0.6 is 0 Å². The molecule has 3 aliphatic rings. The van der Waals surface area contributed by atoms with E-state index in [9.17, 15) is 9.90 Å². The summed E-state index contributed by atoms with van der Waals surface area (Å²) in [6, 6.07) is 6.37. The number of rotatable bonds is 2. The van der Waals surface area contributed by atoms with Gasteiger partial charge in [-0.2, -0.15) is 0 Å². The standard InChI is InChI=1S/C20H26O3/c1-20-8-7-16-15-4-3-14(23-2)10-12(15)9-13(11-21)19(16)17(20)5-6-18(20)22/h3-4,10-11,13,16-19,22H,5-9H2,1-2H3/t13-,16+,17-,18-,19+,20-/m0/s1. The van der Waals surface area contributed by atoms with Crippen molar-refractivity contribution in [2.45, 2.75) is 51.0 Å². The van der Waals surface area contributed by atoms with Gasteiger partial charge in [0.1, 0.15) is 12.0 Å². The van der Waals surface area contributed by atoms with Gasteiger partial charge < -0.3 is 14.6 Å². The van der Waals surface area contributed by atoms with Crippen LogP contribution < -0.4 is 4.74 Å². The first kappa shape index (κ1) is 15.2. The summed E-state index contributed by atoms with van der Waals surface area (Å²) in [7, 11) is 1.69. The number of benzene rings is 1. The van der Waals surface area contributed by atoms with E-state index in [2.05, 4.69) is 25.1 Å². The van der Waals surface area contributed by atoms with E-state index < -0.39 is 0 Å². The van der Waals surface area contributed by atoms with Gasteiger partial charge in [-0.15, -0.1) is 0 Å². The number of hydrogen-bond donors (Lipinski definition) is 1. The second kappa shape index (κ2) is 5.34. The van der Waals surface area contributed by atoms with Crippen LogP contribution in [0.1, 0.15) is 49.7 Å². The quantitative estimate of drug-likeness (QED) is 0.852. The summed E-state index contributed by atoms with van der Waals surface area (Å²) >= 11 is 0. The maximum Gasteiger partial charge on any atom is 0.123 e. The normalized spacial score (nSPS) is 41.6. The Labute approximate surface area is 138 Å². The Balaban J connectivity index is 1.77. The minimum Gasteiger partial charge on any atom is -0.497 e. The maximum absolute atomic E-state index is 11.9. The third-order valence-corrected chi connectivity index (χ3v) is 7.16. The Kier molecular flexibility index (Phi) is 3.53. The molecule has 2 saturated carbocycles. The van der Waals surface area contributed by atoms with Crippen LogP contribution in [0.15, 0.2) is 18.2 Å². The average Bonchev–Trinajstić information content (AvgIpc) is 2.88. The first-order valence-electron chi connectivity index (χ1n) is 8.88. The van der Waals surface area contributed by atoms with Crippen molar-refractivity contribution < 1.29 is 14.6 Å². The van der Waals surface area contributed by atoms with Crippen molar-refractivity contribution in [3.05, 3.63) is 29.3 Å². The summed E-state index contributed by atoms with van der Waals surface area (Å²) in [5.74, 6) is 2.28. The lowest BCUT2D eigenvalue weighted by atomic mass is 9.53. The molecule has 3 heteroatoms. The van der Waals surface area contributed by atoms with Crippen molar-refractivity contribution in [1.82, 2.24) is 0 Å². The molecule has 1 aromatic carbocycles. The van der Waals surface area contributed by atoms with Crippen LogP contribution in [0.4, 0.5) is 0 Å². The Bertz CT molecular complexity index is 625. The number of aliphatic hydroxyl groups is 1. The van der Waals surface area contributed by atoms with Crippen LogP contribution in [0.5, 0.6) is 5.75 Å². The fourth-order valence-electron chi connectivity index (χ4n) is 5.90. The predicted molar refractivity (Wildman–Crippen MR) is 88.6 cm³/mol. The predicted octanol–water partition coefficient (Wildman–Crippen LogP) is 3.34. The highest BCUT2D eigenvalue weighted by molar-refractivity contribution is 5.58. The zero-order chi connectivity index (χ0) is 16.2. The van der Waals surface area contributed by atoms with Gasteiger partial charge in [0.25, 0.3) is 0 Å². The summed E-state index contributed by atoms with van der Waals surface area (Å²) in [4.78, 5) is 11.9. The van der Waals surface area contributed by atoms with E-state index in [1.807, 2.05) is 0 Å². The van der Waals surface area contributed by atoms with E-state index >= 15 is 0 Å². The van der Waals surface area contributed by atoms with Crippen LogP contribution in [0.25, 0.3) is 0 Å². The molecule has 0 unspecified atom stereocenters. The fraction of sp³-hybridized carbons (Fsp3) is 0.650. The SMILES string of the molecule is COc1ccc2c(c1)C[C@@H](C=O)[C@@H]1[C@@H]2CC[C@]2(C)[C@@H](O)CC[C@@H]12. The molecule has 6 atom stereocenters. The second-order valence-electron chi connectivity index (χ2n) is 8.00. The monoisotopic (exact) mass is 314 g/mol. The van der Waals surface area contributed by atoms with E-state index in [0.717, 1.165) is 37.9 Å². The molecule has 124 valence electrons. The highest BCUT2D eigenvalue weighted by Crippen LogP contribution is 2.61. The summed E-state index contributed by atoms with van der Waals surface area (Å²) < 4.78 is 5.36. The van der Waals surface area contributed by atoms with Gasteiger partial charge in [0.15, 0.2) is 0 Å². The van der Waals surface area contributed by atoms with Gasteiger partial charge in [-0.05, 0) is 78.5 Å². The summed E-state index contributed by atoms with van der Waals surface area (Å²) in [6.07, 6.45) is 5.91. The molecule has 23 heavy (non-hydrogen) atoms. The lowest BCUT2D eigenvalue weighted by molar-refractivity contribution is -0.117. The Hall–Kier alpha value is -1.35. The zero-order valence-electron chi connectivity index (χ0n) is 14.0. The number of methoxy groups -OCH3 is 1. The molecule has 0 heterocycles. The van der Waals surface area contributed by atoms with Crippen molar-refractivity contribution in [3.63, 3.8) is 0 Å². The second-order valence-corrected chi connectivity index (χ2v) is 8.00. The first-order chi connectivity index (χ1) is 11.1. The van der Waals surface area contributed by atoms with Crippen molar-refractivity contribution in [2.75, 3.05) is 7.11 Å². The number of aldehydes is 1. The zero-order valence-corrected chi connectivity index (χ0v) is 14.0. The van der Waals surface area contributed by atoms with E-state index in [1.54, 1.807) is 7.11 Å². The third-order valence-electron chi connectivity index (χ3n) is 7.16. The van der Waals surface area contributed by atoms with Crippen molar-refractivity contribution in [3.8, 4) is 5.75 Å². The van der Waals surface area contributed by atoms with Gasteiger partial charge >= 0.3 is 0 Å². The number of fused-ring (bicyclic) bond motifs is 5. The molecule has 0 bridgehead atoms. The van der Waals surface area contributed by atoms with Gasteiger partial charge in [0.05, 0.1) is 13.2 Å². The Morgan fingerprint density at radius 1 is 1.30 bits per heavy atom. The molecule has 4 rings (SSSR count). The van der Waals surface area contributed by atoms with E-state index in [1.165, 1.54) is 17.4 Å². The smallest absolute Gasteiger partial charge is 0.123 e. The Morgan fingerprint density at radius 2 is 2.13 bits per heavy atom. The summed E-state index contributed by atoms with van der Waals surface area (Å²) in [6.45, 7) is 2.25. The number of aliphatic hydroxyl groups excluding tert-OH is 1. The molecule has 0 radical (unpaired) electrons. The molecule has 3 aliphatic carbocycles. The van der Waals surface area contributed by atoms with Crippen molar-refractivity contribution in [1.29, 1.82) is 0 Å². The third kappa shape index (κ3) is 2.09. The number of carbonyl (C=O) groups excluding carboxylic acids is 1. The maximum atomic E-state index is 11.9. The minimum absolute atomic E-state index is 0.00635. The van der Waals surface area contributed by atoms with Gasteiger partial charge in [0.2, 0.25) is 0 Å². The van der Waals surface area contributed by atoms with Gasteiger partial charge in [-0.3, -0.25) is 0 Å². The fourth-order valence-corrected chi connectivity index (χ4v) is 5.90. The highest BCUT2D eigenvalue weighted by atomic mass is 16.5. The van der Waals surface area contributed by atoms with E-state index in [-0.39, 0.29) is 17.4 Å².